The number of nitrogens with zero attached hydrogens (tertiary/aromatic N) is 2. The zero-order valence-electron chi connectivity index (χ0n) is 12.3. The highest BCUT2D eigenvalue weighted by atomic mass is 19.1. The van der Waals surface area contributed by atoms with E-state index in [9.17, 15) is 4.39 Å². The molecule has 0 radical (unpaired) electrons. The molecule has 0 aliphatic carbocycles. The number of halogens is 1. The molecule has 112 valence electrons. The molecule has 1 aromatic heterocycles. The summed E-state index contributed by atoms with van der Waals surface area (Å²) in [6.45, 7) is 2.98. The summed E-state index contributed by atoms with van der Waals surface area (Å²) in [7, 11) is 1.46. The fourth-order valence-electron chi connectivity index (χ4n) is 2.16. The van der Waals surface area contributed by atoms with Gasteiger partial charge in [-0.1, -0.05) is 13.0 Å². The molecule has 1 heterocycles. The summed E-state index contributed by atoms with van der Waals surface area (Å²) in [4.78, 5) is 8.44. The second-order valence-corrected chi connectivity index (χ2v) is 4.81. The lowest BCUT2D eigenvalue weighted by atomic mass is 10.0. The summed E-state index contributed by atoms with van der Waals surface area (Å²) >= 11 is 0. The van der Waals surface area contributed by atoms with E-state index in [0.29, 0.717) is 6.42 Å². The van der Waals surface area contributed by atoms with Crippen molar-refractivity contribution in [1.29, 1.82) is 0 Å². The number of hydrogen-bond donors (Lipinski definition) is 1. The van der Waals surface area contributed by atoms with Crippen molar-refractivity contribution < 1.29 is 9.13 Å². The number of benzene rings is 1. The maximum Gasteiger partial charge on any atom is 0.165 e. The molecule has 0 spiro atoms. The van der Waals surface area contributed by atoms with Gasteiger partial charge in [0.25, 0.3) is 0 Å². The summed E-state index contributed by atoms with van der Waals surface area (Å²) in [6.07, 6.45) is 6.73. The maximum absolute atomic E-state index is 13.8. The van der Waals surface area contributed by atoms with Gasteiger partial charge in [-0.3, -0.25) is 9.97 Å². The second kappa shape index (κ2) is 7.69. The normalized spacial score (nSPS) is 12.1. The van der Waals surface area contributed by atoms with Crippen LogP contribution in [0.2, 0.25) is 0 Å². The van der Waals surface area contributed by atoms with Gasteiger partial charge in [-0.25, -0.2) is 4.39 Å². The van der Waals surface area contributed by atoms with Crippen molar-refractivity contribution in [2.24, 2.45) is 0 Å². The molecule has 1 unspecified atom stereocenters. The quantitative estimate of drug-likeness (QED) is 0.851. The fourth-order valence-corrected chi connectivity index (χ4v) is 2.16. The minimum atomic E-state index is -0.344. The number of ether oxygens (including phenoxy) is 1. The van der Waals surface area contributed by atoms with Gasteiger partial charge in [0, 0.05) is 18.6 Å². The summed E-state index contributed by atoms with van der Waals surface area (Å²) in [5, 5.41) is 3.43. The molecule has 21 heavy (non-hydrogen) atoms. The van der Waals surface area contributed by atoms with Crippen LogP contribution in [-0.4, -0.2) is 23.6 Å². The van der Waals surface area contributed by atoms with Crippen LogP contribution in [0.3, 0.4) is 0 Å². The lowest BCUT2D eigenvalue weighted by Crippen LogP contribution is -2.25. The van der Waals surface area contributed by atoms with E-state index < -0.39 is 0 Å². The van der Waals surface area contributed by atoms with Crippen LogP contribution in [0.25, 0.3) is 0 Å². The fraction of sp³-hybridized carbons (Fsp3) is 0.375. The van der Waals surface area contributed by atoms with Gasteiger partial charge in [0.15, 0.2) is 11.6 Å². The number of aromatic nitrogens is 2. The molecule has 0 fully saturated rings. The highest BCUT2D eigenvalue weighted by molar-refractivity contribution is 5.30. The van der Waals surface area contributed by atoms with Crippen molar-refractivity contribution in [2.75, 3.05) is 13.7 Å². The largest absolute Gasteiger partial charge is 0.494 e. The Labute approximate surface area is 124 Å². The summed E-state index contributed by atoms with van der Waals surface area (Å²) in [5.41, 5.74) is 1.76. The topological polar surface area (TPSA) is 47.0 Å². The van der Waals surface area contributed by atoms with Crippen molar-refractivity contribution in [1.82, 2.24) is 15.3 Å². The molecule has 5 heteroatoms. The predicted octanol–water partition coefficient (Wildman–Crippen LogP) is 2.91. The van der Waals surface area contributed by atoms with Gasteiger partial charge in [-0.15, -0.1) is 0 Å². The van der Waals surface area contributed by atoms with Crippen LogP contribution >= 0.6 is 0 Å². The van der Waals surface area contributed by atoms with Crippen LogP contribution in [-0.2, 0) is 6.42 Å². The average molecular weight is 289 g/mol. The molecule has 2 aromatic rings. The summed E-state index contributed by atoms with van der Waals surface area (Å²) in [5.74, 6) is -0.0836. The predicted molar refractivity (Wildman–Crippen MR) is 79.7 cm³/mol. The molecule has 0 bridgehead atoms. The second-order valence-electron chi connectivity index (χ2n) is 4.81. The molecule has 1 atom stereocenters. The van der Waals surface area contributed by atoms with Crippen LogP contribution in [0.15, 0.2) is 36.8 Å². The van der Waals surface area contributed by atoms with Crippen LogP contribution in [0.1, 0.15) is 30.6 Å². The third kappa shape index (κ3) is 4.23. The first-order chi connectivity index (χ1) is 10.2. The molecule has 0 saturated carbocycles. The molecule has 1 aromatic carbocycles. The molecular formula is C16H20FN3O. The van der Waals surface area contributed by atoms with Gasteiger partial charge in [-0.05, 0) is 37.1 Å². The van der Waals surface area contributed by atoms with Crippen LogP contribution < -0.4 is 10.1 Å². The van der Waals surface area contributed by atoms with E-state index >= 15 is 0 Å². The smallest absolute Gasteiger partial charge is 0.165 e. The molecule has 1 N–H and O–H groups in total. The van der Waals surface area contributed by atoms with Crippen molar-refractivity contribution >= 4 is 0 Å². The van der Waals surface area contributed by atoms with E-state index in [0.717, 1.165) is 24.2 Å². The number of methoxy groups -OCH3 is 1. The number of hydrogen-bond acceptors (Lipinski definition) is 4. The Kier molecular flexibility index (Phi) is 5.63. The van der Waals surface area contributed by atoms with Gasteiger partial charge < -0.3 is 10.1 Å². The van der Waals surface area contributed by atoms with Crippen molar-refractivity contribution in [3.63, 3.8) is 0 Å². The van der Waals surface area contributed by atoms with E-state index in [-0.39, 0.29) is 17.6 Å². The minimum Gasteiger partial charge on any atom is -0.494 e. The molecule has 0 saturated heterocycles. The molecule has 0 amide bonds. The van der Waals surface area contributed by atoms with E-state index in [1.165, 1.54) is 13.2 Å². The van der Waals surface area contributed by atoms with Gasteiger partial charge in [-0.2, -0.15) is 0 Å². The van der Waals surface area contributed by atoms with Gasteiger partial charge >= 0.3 is 0 Å². The van der Waals surface area contributed by atoms with Crippen molar-refractivity contribution in [3.05, 3.63) is 53.9 Å². The Morgan fingerprint density at radius 2 is 2.19 bits per heavy atom. The number of rotatable bonds is 7. The Bertz CT molecular complexity index is 563. The highest BCUT2D eigenvalue weighted by Gasteiger charge is 2.14. The van der Waals surface area contributed by atoms with Crippen LogP contribution in [0.4, 0.5) is 4.39 Å². The van der Waals surface area contributed by atoms with Gasteiger partial charge in [0.05, 0.1) is 18.8 Å². The minimum absolute atomic E-state index is 0.0199. The average Bonchev–Trinajstić information content (AvgIpc) is 2.52. The summed E-state index contributed by atoms with van der Waals surface area (Å²) < 4.78 is 18.7. The summed E-state index contributed by atoms with van der Waals surface area (Å²) in [6, 6.07) is 5.05. The lowest BCUT2D eigenvalue weighted by molar-refractivity contribution is 0.386. The van der Waals surface area contributed by atoms with Gasteiger partial charge in [0.2, 0.25) is 0 Å². The third-order valence-electron chi connectivity index (χ3n) is 3.24. The van der Waals surface area contributed by atoms with E-state index in [4.69, 9.17) is 4.74 Å². The SMILES string of the molecule is CCCNC(Cc1ccc(OC)c(F)c1)c1cnccn1. The van der Waals surface area contributed by atoms with E-state index in [1.54, 1.807) is 24.7 Å². The van der Waals surface area contributed by atoms with E-state index in [1.807, 2.05) is 6.07 Å². The zero-order chi connectivity index (χ0) is 15.1. The first-order valence-corrected chi connectivity index (χ1v) is 7.06. The molecule has 0 aliphatic rings. The van der Waals surface area contributed by atoms with Crippen molar-refractivity contribution in [3.8, 4) is 5.75 Å². The van der Waals surface area contributed by atoms with Gasteiger partial charge in [0.1, 0.15) is 0 Å². The Balaban J connectivity index is 2.16. The third-order valence-corrected chi connectivity index (χ3v) is 3.24. The Morgan fingerprint density at radius 1 is 1.33 bits per heavy atom. The molecular weight excluding hydrogens is 269 g/mol. The first-order valence-electron chi connectivity index (χ1n) is 7.06. The lowest BCUT2D eigenvalue weighted by Gasteiger charge is -2.18. The Hall–Kier alpha value is -2.01. The van der Waals surface area contributed by atoms with Crippen LogP contribution in [0.5, 0.6) is 5.75 Å². The maximum atomic E-state index is 13.8. The molecule has 0 aliphatic heterocycles. The zero-order valence-corrected chi connectivity index (χ0v) is 12.3. The number of nitrogens with one attached hydrogen (secondary N) is 1. The molecule has 2 rings (SSSR count). The monoisotopic (exact) mass is 289 g/mol. The van der Waals surface area contributed by atoms with E-state index in [2.05, 4.69) is 22.2 Å². The highest BCUT2D eigenvalue weighted by Crippen LogP contribution is 2.21. The van der Waals surface area contributed by atoms with Crippen LogP contribution in [0, 0.1) is 5.82 Å². The van der Waals surface area contributed by atoms with Crippen molar-refractivity contribution in [2.45, 2.75) is 25.8 Å². The molecule has 4 nitrogen and oxygen atoms in total. The standard InChI is InChI=1S/C16H20FN3O/c1-3-6-19-14(15-11-18-7-8-20-15)10-12-4-5-16(21-2)13(17)9-12/h4-5,7-9,11,14,19H,3,6,10H2,1-2H3. The first kappa shape index (κ1) is 15.4. The Morgan fingerprint density at radius 3 is 2.81 bits per heavy atom.